The molecule has 0 atom stereocenters. The molecular weight excluding hydrogens is 375 g/mol. The van der Waals surface area contributed by atoms with E-state index in [9.17, 15) is 18.3 Å². The molecule has 1 aromatic heterocycles. The highest BCUT2D eigenvalue weighted by Gasteiger charge is 2.35. The van der Waals surface area contributed by atoms with Gasteiger partial charge < -0.3 is 10.4 Å². The van der Waals surface area contributed by atoms with Gasteiger partial charge in [-0.05, 0) is 30.3 Å². The first-order valence-corrected chi connectivity index (χ1v) is 7.23. The molecule has 3 rings (SSSR count). The van der Waals surface area contributed by atoms with Crippen LogP contribution in [0.15, 0.2) is 46.9 Å². The Hall–Kier alpha value is -2.35. The molecule has 0 saturated heterocycles. The normalized spacial score (nSPS) is 11.7. The number of aromatic hydroxyl groups is 1. The summed E-state index contributed by atoms with van der Waals surface area (Å²) in [5.41, 5.74) is 0.397. The Morgan fingerprint density at radius 2 is 1.78 bits per heavy atom. The van der Waals surface area contributed by atoms with Gasteiger partial charge in [-0.3, -0.25) is 0 Å². The number of phenols is 1. The number of fused-ring (bicyclic) bond motifs is 1. The summed E-state index contributed by atoms with van der Waals surface area (Å²) in [6, 6.07) is 10.9. The molecule has 0 fully saturated rings. The third kappa shape index (κ3) is 3.21. The highest BCUT2D eigenvalue weighted by Crippen LogP contribution is 2.34. The molecule has 3 aromatic rings. The van der Waals surface area contributed by atoms with E-state index < -0.39 is 12.0 Å². The van der Waals surface area contributed by atoms with Crippen LogP contribution in [0, 0.1) is 0 Å². The standard InChI is InChI=1S/C15H9BrF3N3O/c16-8-5-6-10-9(7-8)13(22-14(21-10)15(17,18)19)20-11-3-1-2-4-12(11)23/h1-7,23H,(H,20,21,22). The molecule has 4 nitrogen and oxygen atoms in total. The summed E-state index contributed by atoms with van der Waals surface area (Å²) in [7, 11) is 0. The second-order valence-corrected chi connectivity index (χ2v) is 5.61. The van der Waals surface area contributed by atoms with Crippen molar-refractivity contribution < 1.29 is 18.3 Å². The molecule has 0 unspecified atom stereocenters. The number of nitrogens with zero attached hydrogens (tertiary/aromatic N) is 2. The molecule has 1 heterocycles. The van der Waals surface area contributed by atoms with Crippen LogP contribution in [0.25, 0.3) is 10.9 Å². The molecule has 0 radical (unpaired) electrons. The first-order valence-electron chi connectivity index (χ1n) is 6.44. The fourth-order valence-electron chi connectivity index (χ4n) is 2.03. The second kappa shape index (κ2) is 5.69. The van der Waals surface area contributed by atoms with Gasteiger partial charge in [0, 0.05) is 9.86 Å². The number of halogens is 4. The van der Waals surface area contributed by atoms with Gasteiger partial charge >= 0.3 is 6.18 Å². The van der Waals surface area contributed by atoms with E-state index in [1.54, 1.807) is 24.3 Å². The smallest absolute Gasteiger partial charge is 0.451 e. The van der Waals surface area contributed by atoms with Crippen molar-refractivity contribution in [1.29, 1.82) is 0 Å². The first-order chi connectivity index (χ1) is 10.8. The van der Waals surface area contributed by atoms with Crippen molar-refractivity contribution in [1.82, 2.24) is 9.97 Å². The fourth-order valence-corrected chi connectivity index (χ4v) is 2.39. The Labute approximate surface area is 137 Å². The number of para-hydroxylation sites is 2. The van der Waals surface area contributed by atoms with Gasteiger partial charge in [0.25, 0.3) is 0 Å². The Kier molecular flexibility index (Phi) is 3.85. The maximum Gasteiger partial charge on any atom is 0.451 e. The lowest BCUT2D eigenvalue weighted by Crippen LogP contribution is -2.12. The first kappa shape index (κ1) is 15.5. The SMILES string of the molecule is Oc1ccccc1Nc1nc(C(F)(F)F)nc2ccc(Br)cc12. The van der Waals surface area contributed by atoms with Gasteiger partial charge in [0.1, 0.15) is 11.6 Å². The molecule has 0 spiro atoms. The number of hydrogen-bond acceptors (Lipinski definition) is 4. The topological polar surface area (TPSA) is 58.0 Å². The monoisotopic (exact) mass is 383 g/mol. The average Bonchev–Trinajstić information content (AvgIpc) is 2.48. The molecule has 2 aromatic carbocycles. The quantitative estimate of drug-likeness (QED) is 0.620. The van der Waals surface area contributed by atoms with E-state index in [0.717, 1.165) is 0 Å². The Morgan fingerprint density at radius 1 is 1.04 bits per heavy atom. The summed E-state index contributed by atoms with van der Waals surface area (Å²) < 4.78 is 39.6. The van der Waals surface area contributed by atoms with E-state index in [2.05, 4.69) is 31.2 Å². The van der Waals surface area contributed by atoms with E-state index in [4.69, 9.17) is 0 Å². The summed E-state index contributed by atoms with van der Waals surface area (Å²) in [5.74, 6) is -1.38. The van der Waals surface area contributed by atoms with Crippen LogP contribution in [-0.2, 0) is 6.18 Å². The van der Waals surface area contributed by atoms with Gasteiger partial charge in [0.05, 0.1) is 11.2 Å². The predicted molar refractivity (Wildman–Crippen MR) is 83.6 cm³/mol. The van der Waals surface area contributed by atoms with Gasteiger partial charge in [-0.15, -0.1) is 0 Å². The molecule has 2 N–H and O–H groups in total. The summed E-state index contributed by atoms with van der Waals surface area (Å²) in [6.07, 6.45) is -4.67. The third-order valence-corrected chi connectivity index (χ3v) is 3.56. The minimum atomic E-state index is -4.67. The molecule has 8 heteroatoms. The predicted octanol–water partition coefficient (Wildman–Crippen LogP) is 4.86. The molecule has 0 bridgehead atoms. The van der Waals surface area contributed by atoms with Crippen LogP contribution in [0.1, 0.15) is 5.82 Å². The van der Waals surface area contributed by atoms with Crippen LogP contribution >= 0.6 is 15.9 Å². The number of benzene rings is 2. The Balaban J connectivity index is 2.20. The number of aromatic nitrogens is 2. The van der Waals surface area contributed by atoms with Crippen LogP contribution in [0.5, 0.6) is 5.75 Å². The van der Waals surface area contributed by atoms with E-state index in [0.29, 0.717) is 9.86 Å². The van der Waals surface area contributed by atoms with E-state index in [1.165, 1.54) is 18.2 Å². The van der Waals surface area contributed by atoms with Crippen molar-refractivity contribution in [3.05, 3.63) is 52.8 Å². The molecular formula is C15H9BrF3N3O. The largest absolute Gasteiger partial charge is 0.506 e. The van der Waals surface area contributed by atoms with Gasteiger partial charge in [-0.25, -0.2) is 9.97 Å². The summed E-state index contributed by atoms with van der Waals surface area (Å²) in [4.78, 5) is 7.12. The molecule has 118 valence electrons. The highest BCUT2D eigenvalue weighted by molar-refractivity contribution is 9.10. The number of phenolic OH excluding ortho intramolecular Hbond substituents is 1. The van der Waals surface area contributed by atoms with Crippen molar-refractivity contribution in [2.75, 3.05) is 5.32 Å². The average molecular weight is 384 g/mol. The lowest BCUT2D eigenvalue weighted by molar-refractivity contribution is -0.144. The second-order valence-electron chi connectivity index (χ2n) is 4.70. The Morgan fingerprint density at radius 3 is 2.48 bits per heavy atom. The van der Waals surface area contributed by atoms with E-state index in [-0.39, 0.29) is 22.8 Å². The minimum Gasteiger partial charge on any atom is -0.506 e. The van der Waals surface area contributed by atoms with Crippen molar-refractivity contribution in [2.45, 2.75) is 6.18 Å². The number of anilines is 2. The van der Waals surface area contributed by atoms with Gasteiger partial charge in [0.2, 0.25) is 5.82 Å². The number of hydrogen-bond donors (Lipinski definition) is 2. The van der Waals surface area contributed by atoms with Crippen LogP contribution in [0.3, 0.4) is 0 Å². The van der Waals surface area contributed by atoms with Crippen LogP contribution in [0.4, 0.5) is 24.7 Å². The van der Waals surface area contributed by atoms with Crippen molar-refractivity contribution >= 4 is 38.3 Å². The third-order valence-electron chi connectivity index (χ3n) is 3.07. The minimum absolute atomic E-state index is 0.0369. The number of nitrogens with one attached hydrogen (secondary N) is 1. The maximum atomic E-state index is 13.0. The van der Waals surface area contributed by atoms with Crippen molar-refractivity contribution in [3.8, 4) is 5.75 Å². The molecule has 0 aliphatic rings. The van der Waals surface area contributed by atoms with E-state index in [1.807, 2.05) is 0 Å². The zero-order chi connectivity index (χ0) is 16.6. The molecule has 0 aliphatic carbocycles. The van der Waals surface area contributed by atoms with Crippen molar-refractivity contribution in [2.24, 2.45) is 0 Å². The highest BCUT2D eigenvalue weighted by atomic mass is 79.9. The van der Waals surface area contributed by atoms with Crippen molar-refractivity contribution in [3.63, 3.8) is 0 Å². The Bertz CT molecular complexity index is 883. The number of alkyl halides is 3. The molecule has 0 amide bonds. The van der Waals surface area contributed by atoms with Crippen LogP contribution in [0.2, 0.25) is 0 Å². The zero-order valence-corrected chi connectivity index (χ0v) is 13.0. The lowest BCUT2D eigenvalue weighted by atomic mass is 10.2. The zero-order valence-electron chi connectivity index (χ0n) is 11.4. The van der Waals surface area contributed by atoms with E-state index >= 15 is 0 Å². The lowest BCUT2D eigenvalue weighted by Gasteiger charge is -2.13. The molecule has 0 saturated carbocycles. The van der Waals surface area contributed by atoms with Gasteiger partial charge in [-0.1, -0.05) is 28.1 Å². The summed E-state index contributed by atoms with van der Waals surface area (Å²) >= 11 is 3.27. The number of rotatable bonds is 2. The van der Waals surface area contributed by atoms with Gasteiger partial charge in [0.15, 0.2) is 0 Å². The fraction of sp³-hybridized carbons (Fsp3) is 0.0667. The molecule has 23 heavy (non-hydrogen) atoms. The molecule has 0 aliphatic heterocycles. The summed E-state index contributed by atoms with van der Waals surface area (Å²) in [6.45, 7) is 0. The van der Waals surface area contributed by atoms with Crippen LogP contribution < -0.4 is 5.32 Å². The maximum absolute atomic E-state index is 13.0. The summed E-state index contributed by atoms with van der Waals surface area (Å²) in [5, 5.41) is 12.9. The van der Waals surface area contributed by atoms with Gasteiger partial charge in [-0.2, -0.15) is 13.2 Å². The van der Waals surface area contributed by atoms with Crippen LogP contribution in [-0.4, -0.2) is 15.1 Å².